The first-order valence-corrected chi connectivity index (χ1v) is 8.52. The fourth-order valence-electron chi connectivity index (χ4n) is 2.61. The van der Waals surface area contributed by atoms with Crippen molar-refractivity contribution in [1.29, 1.82) is 0 Å². The number of piperidine rings is 1. The average Bonchev–Trinajstić information content (AvgIpc) is 2.77. The molecule has 0 radical (unpaired) electrons. The van der Waals surface area contributed by atoms with E-state index in [0.29, 0.717) is 40.9 Å². The Morgan fingerprint density at radius 1 is 1.38 bits per heavy atom. The fourth-order valence-corrected chi connectivity index (χ4v) is 4.15. The van der Waals surface area contributed by atoms with Gasteiger partial charge in [-0.15, -0.1) is 11.3 Å². The predicted molar refractivity (Wildman–Crippen MR) is 84.3 cm³/mol. The van der Waals surface area contributed by atoms with E-state index in [0.717, 1.165) is 18.4 Å². The average molecular weight is 350 g/mol. The summed E-state index contributed by atoms with van der Waals surface area (Å²) in [7, 11) is 0. The van der Waals surface area contributed by atoms with Crippen LogP contribution in [0.4, 0.5) is 0 Å². The number of thiophene rings is 1. The summed E-state index contributed by atoms with van der Waals surface area (Å²) < 4.78 is 1.30. The maximum absolute atomic E-state index is 12.2. The first kappa shape index (κ1) is 16.6. The Balaban J connectivity index is 1.86. The first-order chi connectivity index (χ1) is 9.99. The molecule has 116 valence electrons. The summed E-state index contributed by atoms with van der Waals surface area (Å²) in [4.78, 5) is 24.9. The van der Waals surface area contributed by atoms with Gasteiger partial charge in [-0.05, 0) is 43.7 Å². The second-order valence-electron chi connectivity index (χ2n) is 5.14. The van der Waals surface area contributed by atoms with Gasteiger partial charge >= 0.3 is 5.97 Å². The highest BCUT2D eigenvalue weighted by Crippen LogP contribution is 2.32. The fraction of sp³-hybridized carbons (Fsp3) is 0.571. The second kappa shape index (κ2) is 7.47. The lowest BCUT2D eigenvalue weighted by Gasteiger charge is -2.33. The van der Waals surface area contributed by atoms with Crippen molar-refractivity contribution in [2.75, 3.05) is 6.54 Å². The number of likely N-dealkylation sites (tertiary alicyclic amines) is 1. The molecule has 1 aromatic heterocycles. The van der Waals surface area contributed by atoms with Gasteiger partial charge in [0.25, 0.3) is 0 Å². The zero-order chi connectivity index (χ0) is 15.4. The summed E-state index contributed by atoms with van der Waals surface area (Å²) in [6.45, 7) is 0.542. The Bertz CT molecular complexity index is 532. The van der Waals surface area contributed by atoms with Gasteiger partial charge in [-0.3, -0.25) is 4.79 Å². The molecule has 1 unspecified atom stereocenters. The van der Waals surface area contributed by atoms with Gasteiger partial charge in [0.2, 0.25) is 5.91 Å². The molecular formula is C14H17Cl2NO3S. The molecule has 0 spiro atoms. The Morgan fingerprint density at radius 3 is 2.76 bits per heavy atom. The van der Waals surface area contributed by atoms with Crippen LogP contribution >= 0.6 is 34.5 Å². The number of halogens is 2. The van der Waals surface area contributed by atoms with Crippen molar-refractivity contribution in [2.24, 2.45) is 0 Å². The quantitative estimate of drug-likeness (QED) is 0.878. The van der Waals surface area contributed by atoms with Gasteiger partial charge in [0.05, 0.1) is 8.67 Å². The highest BCUT2D eigenvalue weighted by Gasteiger charge is 2.31. The molecule has 7 heteroatoms. The zero-order valence-corrected chi connectivity index (χ0v) is 13.8. The molecule has 1 atom stereocenters. The summed E-state index contributed by atoms with van der Waals surface area (Å²) in [5.74, 6) is -0.991. The summed E-state index contributed by atoms with van der Waals surface area (Å²) in [6.07, 6.45) is 3.96. The number of hydrogen-bond acceptors (Lipinski definition) is 3. The minimum Gasteiger partial charge on any atom is -0.480 e. The molecular weight excluding hydrogens is 333 g/mol. The van der Waals surface area contributed by atoms with E-state index in [4.69, 9.17) is 23.2 Å². The van der Waals surface area contributed by atoms with Crippen molar-refractivity contribution in [1.82, 2.24) is 4.90 Å². The highest BCUT2D eigenvalue weighted by molar-refractivity contribution is 7.20. The maximum Gasteiger partial charge on any atom is 0.326 e. The molecule has 0 aromatic carbocycles. The number of carbonyl (C=O) groups excluding carboxylic acids is 1. The Labute approximate surface area is 137 Å². The van der Waals surface area contributed by atoms with E-state index in [9.17, 15) is 14.7 Å². The molecule has 1 aliphatic rings. The largest absolute Gasteiger partial charge is 0.480 e. The van der Waals surface area contributed by atoms with Gasteiger partial charge in [0, 0.05) is 13.0 Å². The molecule has 1 aliphatic heterocycles. The van der Waals surface area contributed by atoms with E-state index in [-0.39, 0.29) is 5.91 Å². The molecule has 2 rings (SSSR count). The van der Waals surface area contributed by atoms with Crippen LogP contribution in [-0.2, 0) is 16.0 Å². The van der Waals surface area contributed by atoms with Crippen molar-refractivity contribution < 1.29 is 14.7 Å². The van der Waals surface area contributed by atoms with Crippen LogP contribution in [0.15, 0.2) is 6.07 Å². The van der Waals surface area contributed by atoms with Gasteiger partial charge < -0.3 is 10.0 Å². The van der Waals surface area contributed by atoms with E-state index in [2.05, 4.69) is 0 Å². The van der Waals surface area contributed by atoms with Crippen molar-refractivity contribution >= 4 is 46.4 Å². The minimum atomic E-state index is -0.907. The highest BCUT2D eigenvalue weighted by atomic mass is 35.5. The smallest absolute Gasteiger partial charge is 0.326 e. The first-order valence-electron chi connectivity index (χ1n) is 6.95. The molecule has 1 fully saturated rings. The number of nitrogens with zero attached hydrogens (tertiary/aromatic N) is 1. The number of carboxylic acid groups (broad SMARTS) is 1. The second-order valence-corrected chi connectivity index (χ2v) is 7.43. The molecule has 1 N–H and O–H groups in total. The lowest BCUT2D eigenvalue weighted by molar-refractivity contribution is -0.152. The van der Waals surface area contributed by atoms with Crippen LogP contribution in [0, 0.1) is 0 Å². The molecule has 1 amide bonds. The van der Waals surface area contributed by atoms with Crippen LogP contribution in [-0.4, -0.2) is 34.5 Å². The number of hydrogen-bond donors (Lipinski definition) is 1. The van der Waals surface area contributed by atoms with Gasteiger partial charge in [0.1, 0.15) is 6.04 Å². The molecule has 21 heavy (non-hydrogen) atoms. The monoisotopic (exact) mass is 349 g/mol. The summed E-state index contributed by atoms with van der Waals surface area (Å²) >= 11 is 13.2. The number of aliphatic carboxylic acids is 1. The van der Waals surface area contributed by atoms with Crippen LogP contribution in [0.3, 0.4) is 0 Å². The number of rotatable bonds is 5. The van der Waals surface area contributed by atoms with E-state index in [1.54, 1.807) is 0 Å². The Kier molecular flexibility index (Phi) is 5.90. The third-order valence-electron chi connectivity index (χ3n) is 3.67. The third kappa shape index (κ3) is 4.34. The number of amides is 1. The molecule has 2 heterocycles. The van der Waals surface area contributed by atoms with E-state index < -0.39 is 12.0 Å². The maximum atomic E-state index is 12.2. The number of aryl methyl sites for hydroxylation is 1. The van der Waals surface area contributed by atoms with Crippen LogP contribution < -0.4 is 0 Å². The normalized spacial score (nSPS) is 18.8. The summed E-state index contributed by atoms with van der Waals surface area (Å²) in [5.41, 5.74) is 0.952. The van der Waals surface area contributed by atoms with E-state index in [1.165, 1.54) is 16.2 Å². The van der Waals surface area contributed by atoms with Crippen molar-refractivity contribution in [3.8, 4) is 0 Å². The summed E-state index contributed by atoms with van der Waals surface area (Å²) in [5, 5.41) is 9.18. The minimum absolute atomic E-state index is 0.0838. The Hall–Kier alpha value is -0.780. The molecule has 4 nitrogen and oxygen atoms in total. The van der Waals surface area contributed by atoms with Gasteiger partial charge in [0.15, 0.2) is 0 Å². The van der Waals surface area contributed by atoms with E-state index in [1.807, 2.05) is 6.07 Å². The standard InChI is InChI=1S/C14H17Cl2NO3S/c15-11-8-9(13(16)21-11)4-3-6-12(18)17-7-2-1-5-10(17)14(19)20/h8,10H,1-7H2,(H,19,20). The van der Waals surface area contributed by atoms with E-state index >= 15 is 0 Å². The van der Waals surface area contributed by atoms with Crippen LogP contribution in [0.5, 0.6) is 0 Å². The third-order valence-corrected chi connectivity index (χ3v) is 5.24. The van der Waals surface area contributed by atoms with Gasteiger partial charge in [-0.2, -0.15) is 0 Å². The molecule has 0 aliphatic carbocycles. The SMILES string of the molecule is O=C(O)C1CCCCN1C(=O)CCCc1cc(Cl)sc1Cl. The van der Waals surface area contributed by atoms with Crippen LogP contribution in [0.1, 0.15) is 37.7 Å². The van der Waals surface area contributed by atoms with Gasteiger partial charge in [-0.1, -0.05) is 23.2 Å². The van der Waals surface area contributed by atoms with Crippen molar-refractivity contribution in [2.45, 2.75) is 44.6 Å². The number of carboxylic acids is 1. The topological polar surface area (TPSA) is 57.6 Å². The lowest BCUT2D eigenvalue weighted by atomic mass is 10.0. The molecule has 0 saturated carbocycles. The molecule has 1 aromatic rings. The summed E-state index contributed by atoms with van der Waals surface area (Å²) in [6, 6.07) is 1.16. The van der Waals surface area contributed by atoms with Gasteiger partial charge in [-0.25, -0.2) is 4.79 Å². The molecule has 0 bridgehead atoms. The van der Waals surface area contributed by atoms with Crippen molar-refractivity contribution in [3.05, 3.63) is 20.3 Å². The van der Waals surface area contributed by atoms with Crippen LogP contribution in [0.25, 0.3) is 0 Å². The predicted octanol–water partition coefficient (Wildman–Crippen LogP) is 3.84. The van der Waals surface area contributed by atoms with Crippen LogP contribution in [0.2, 0.25) is 8.67 Å². The molecule has 1 saturated heterocycles. The zero-order valence-electron chi connectivity index (χ0n) is 11.5. The van der Waals surface area contributed by atoms with Crippen molar-refractivity contribution in [3.63, 3.8) is 0 Å². The Morgan fingerprint density at radius 2 is 2.14 bits per heavy atom. The lowest BCUT2D eigenvalue weighted by Crippen LogP contribution is -2.47. The number of carbonyl (C=O) groups is 2.